The van der Waals surface area contributed by atoms with Crippen LogP contribution in [0.2, 0.25) is 0 Å². The van der Waals surface area contributed by atoms with E-state index < -0.39 is 0 Å². The summed E-state index contributed by atoms with van der Waals surface area (Å²) in [5.41, 5.74) is 11.5. The van der Waals surface area contributed by atoms with Crippen molar-refractivity contribution in [3.8, 4) is 22.8 Å². The molecule has 2 aromatic heterocycles. The first-order valence-corrected chi connectivity index (χ1v) is 12.6. The van der Waals surface area contributed by atoms with Gasteiger partial charge in [-0.2, -0.15) is 0 Å². The molecule has 1 saturated heterocycles. The number of benzene rings is 2. The molecule has 9 nitrogen and oxygen atoms in total. The molecule has 10 heteroatoms. The summed E-state index contributed by atoms with van der Waals surface area (Å²) in [5.74, 6) is 2.29. The summed E-state index contributed by atoms with van der Waals surface area (Å²) in [6.45, 7) is 2.75. The number of ether oxygens (including phenoxy) is 2. The Balaban J connectivity index is 0.00000294. The normalized spacial score (nSPS) is 15.5. The molecule has 0 aliphatic carbocycles. The van der Waals surface area contributed by atoms with Crippen molar-refractivity contribution < 1.29 is 14.3 Å². The first kappa shape index (κ1) is 25.8. The molecule has 0 bridgehead atoms. The van der Waals surface area contributed by atoms with Crippen molar-refractivity contribution in [2.75, 3.05) is 38.7 Å². The molecule has 3 N–H and O–H groups in total. The highest BCUT2D eigenvalue weighted by molar-refractivity contribution is 5.85. The number of hydrogen-bond donors (Lipinski definition) is 2. The van der Waals surface area contributed by atoms with Crippen LogP contribution in [-0.2, 0) is 11.2 Å². The number of fused-ring (bicyclic) bond motifs is 2. The van der Waals surface area contributed by atoms with E-state index in [0.29, 0.717) is 25.0 Å². The number of halogens is 1. The summed E-state index contributed by atoms with van der Waals surface area (Å²) in [5, 5.41) is 8.13. The Labute approximate surface area is 227 Å². The molecule has 2 aliphatic rings. The van der Waals surface area contributed by atoms with Crippen molar-refractivity contribution in [2.45, 2.75) is 25.2 Å². The number of nitrogens with zero attached hydrogens (tertiary/aromatic N) is 4. The number of nitrogens with two attached hydrogens (primary N) is 1. The standard InChI is InChI=1S/C28H30N6O3.ClH/c1-36-25-15-20(18-9-12-33(13-10-18)17-26(29)35)5-7-23(25)31-28-30-16-21-6-8-24(34(21)32-28)22-4-2-3-19-11-14-37-27(19)22;/h2-8,15-16,18H,9-14,17H2,1H3,(H2,29,35)(H,31,32);1H. The molecule has 1 fully saturated rings. The van der Waals surface area contributed by atoms with Gasteiger partial charge in [0.25, 0.3) is 0 Å². The van der Waals surface area contributed by atoms with E-state index in [1.165, 1.54) is 11.1 Å². The maximum atomic E-state index is 11.2. The highest BCUT2D eigenvalue weighted by Gasteiger charge is 2.23. The number of primary amides is 1. The fraction of sp³-hybridized carbons (Fsp3) is 0.321. The zero-order chi connectivity index (χ0) is 25.4. The highest BCUT2D eigenvalue weighted by atomic mass is 35.5. The number of para-hydroxylation sites is 1. The highest BCUT2D eigenvalue weighted by Crippen LogP contribution is 2.38. The molecule has 0 radical (unpaired) electrons. The minimum absolute atomic E-state index is 0. The first-order chi connectivity index (χ1) is 18.1. The summed E-state index contributed by atoms with van der Waals surface area (Å²) in [4.78, 5) is 17.9. The lowest BCUT2D eigenvalue weighted by atomic mass is 9.89. The molecule has 0 saturated carbocycles. The number of amides is 1. The van der Waals surface area contributed by atoms with E-state index in [2.05, 4.69) is 51.6 Å². The molecule has 6 rings (SSSR count). The van der Waals surface area contributed by atoms with Gasteiger partial charge in [0.15, 0.2) is 0 Å². The van der Waals surface area contributed by atoms with Crippen LogP contribution in [-0.4, -0.2) is 58.8 Å². The minimum Gasteiger partial charge on any atom is -0.495 e. The Kier molecular flexibility index (Phi) is 7.40. The molecular formula is C28H31ClN6O3. The fourth-order valence-electron chi connectivity index (χ4n) is 5.41. The van der Waals surface area contributed by atoms with E-state index in [9.17, 15) is 4.79 Å². The van der Waals surface area contributed by atoms with E-state index in [1.54, 1.807) is 7.11 Å². The number of piperidine rings is 1. The maximum absolute atomic E-state index is 11.2. The third kappa shape index (κ3) is 4.99. The van der Waals surface area contributed by atoms with Gasteiger partial charge in [0.05, 0.1) is 43.4 Å². The SMILES string of the molecule is COc1cc(C2CCN(CC(N)=O)CC2)ccc1Nc1ncc2ccc(-c3cccc4c3OCC4)n2n1.Cl. The maximum Gasteiger partial charge on any atom is 0.245 e. The smallest absolute Gasteiger partial charge is 0.245 e. The largest absolute Gasteiger partial charge is 0.495 e. The topological polar surface area (TPSA) is 107 Å². The average Bonchev–Trinajstić information content (AvgIpc) is 3.56. The van der Waals surface area contributed by atoms with Crippen molar-refractivity contribution >= 4 is 35.5 Å². The Hall–Kier alpha value is -3.82. The average molecular weight is 535 g/mol. The second-order valence-corrected chi connectivity index (χ2v) is 9.63. The van der Waals surface area contributed by atoms with Crippen LogP contribution in [0.3, 0.4) is 0 Å². The fourth-order valence-corrected chi connectivity index (χ4v) is 5.41. The van der Waals surface area contributed by atoms with E-state index in [4.69, 9.17) is 20.3 Å². The molecule has 2 aromatic carbocycles. The Morgan fingerprint density at radius 1 is 1.18 bits per heavy atom. The van der Waals surface area contributed by atoms with Crippen LogP contribution in [0.25, 0.3) is 16.8 Å². The van der Waals surface area contributed by atoms with Gasteiger partial charge in [-0.25, -0.2) is 9.50 Å². The van der Waals surface area contributed by atoms with Gasteiger partial charge in [0.2, 0.25) is 11.9 Å². The summed E-state index contributed by atoms with van der Waals surface area (Å²) in [6.07, 6.45) is 4.69. The second-order valence-electron chi connectivity index (χ2n) is 9.63. The number of methoxy groups -OCH3 is 1. The van der Waals surface area contributed by atoms with Crippen molar-refractivity contribution in [1.82, 2.24) is 19.5 Å². The predicted octanol–water partition coefficient (Wildman–Crippen LogP) is 4.17. The number of nitrogens with one attached hydrogen (secondary N) is 1. The van der Waals surface area contributed by atoms with Crippen molar-refractivity contribution in [3.63, 3.8) is 0 Å². The van der Waals surface area contributed by atoms with Gasteiger partial charge < -0.3 is 20.5 Å². The number of likely N-dealkylation sites (tertiary alicyclic amines) is 1. The van der Waals surface area contributed by atoms with E-state index >= 15 is 0 Å². The van der Waals surface area contributed by atoms with Crippen LogP contribution < -0.4 is 20.5 Å². The van der Waals surface area contributed by atoms with E-state index in [0.717, 1.165) is 66.3 Å². The quantitative estimate of drug-likeness (QED) is 0.366. The Morgan fingerprint density at radius 3 is 2.82 bits per heavy atom. The molecule has 0 atom stereocenters. The van der Waals surface area contributed by atoms with Crippen LogP contribution >= 0.6 is 12.4 Å². The number of anilines is 2. The molecule has 0 spiro atoms. The van der Waals surface area contributed by atoms with Crippen LogP contribution in [0.15, 0.2) is 54.7 Å². The molecule has 38 heavy (non-hydrogen) atoms. The third-order valence-corrected chi connectivity index (χ3v) is 7.30. The number of rotatable bonds is 7. The summed E-state index contributed by atoms with van der Waals surface area (Å²) >= 11 is 0. The van der Waals surface area contributed by atoms with Crippen molar-refractivity contribution in [1.29, 1.82) is 0 Å². The van der Waals surface area contributed by atoms with Crippen LogP contribution in [0.4, 0.5) is 11.6 Å². The molecule has 4 heterocycles. The number of carbonyl (C=O) groups excluding carboxylic acids is 1. The number of hydrogen-bond acceptors (Lipinski definition) is 7. The Morgan fingerprint density at radius 2 is 2.03 bits per heavy atom. The molecule has 198 valence electrons. The predicted molar refractivity (Wildman–Crippen MR) is 149 cm³/mol. The van der Waals surface area contributed by atoms with Crippen molar-refractivity contribution in [3.05, 3.63) is 65.9 Å². The monoisotopic (exact) mass is 534 g/mol. The van der Waals surface area contributed by atoms with Gasteiger partial charge in [-0.05, 0) is 73.3 Å². The Bertz CT molecular complexity index is 1460. The minimum atomic E-state index is -0.274. The van der Waals surface area contributed by atoms with Gasteiger partial charge in [0, 0.05) is 12.0 Å². The van der Waals surface area contributed by atoms with Crippen LogP contribution in [0, 0.1) is 0 Å². The zero-order valence-electron chi connectivity index (χ0n) is 21.2. The van der Waals surface area contributed by atoms with Gasteiger partial charge in [-0.15, -0.1) is 17.5 Å². The summed E-state index contributed by atoms with van der Waals surface area (Å²) in [7, 11) is 1.67. The lowest BCUT2D eigenvalue weighted by Gasteiger charge is -2.31. The number of carbonyl (C=O) groups is 1. The van der Waals surface area contributed by atoms with Gasteiger partial charge in [0.1, 0.15) is 11.5 Å². The molecule has 0 unspecified atom stereocenters. The molecular weight excluding hydrogens is 504 g/mol. The molecule has 2 aliphatic heterocycles. The van der Waals surface area contributed by atoms with Gasteiger partial charge in [-0.1, -0.05) is 18.2 Å². The van der Waals surface area contributed by atoms with Crippen LogP contribution in [0.5, 0.6) is 11.5 Å². The van der Waals surface area contributed by atoms with E-state index in [-0.39, 0.29) is 18.3 Å². The lowest BCUT2D eigenvalue weighted by molar-refractivity contribution is -0.119. The van der Waals surface area contributed by atoms with Crippen LogP contribution in [0.1, 0.15) is 29.9 Å². The van der Waals surface area contributed by atoms with Gasteiger partial charge in [-0.3, -0.25) is 9.69 Å². The molecule has 1 amide bonds. The molecule has 4 aromatic rings. The lowest BCUT2D eigenvalue weighted by Crippen LogP contribution is -2.39. The zero-order valence-corrected chi connectivity index (χ0v) is 22.0. The first-order valence-electron chi connectivity index (χ1n) is 12.6. The van der Waals surface area contributed by atoms with Gasteiger partial charge >= 0.3 is 0 Å². The second kappa shape index (κ2) is 10.9. The van der Waals surface area contributed by atoms with E-state index in [1.807, 2.05) is 22.8 Å². The third-order valence-electron chi connectivity index (χ3n) is 7.30. The number of aromatic nitrogens is 3. The summed E-state index contributed by atoms with van der Waals surface area (Å²) in [6, 6.07) is 16.5. The van der Waals surface area contributed by atoms with Crippen molar-refractivity contribution in [2.24, 2.45) is 5.73 Å². The summed E-state index contributed by atoms with van der Waals surface area (Å²) < 4.78 is 13.6.